The van der Waals surface area contributed by atoms with Gasteiger partial charge < -0.3 is 4.98 Å². The molecule has 0 spiro atoms. The van der Waals surface area contributed by atoms with Crippen molar-refractivity contribution in [2.24, 2.45) is 0 Å². The van der Waals surface area contributed by atoms with Crippen molar-refractivity contribution in [3.63, 3.8) is 0 Å². The maximum Gasteiger partial charge on any atom is 0.181 e. The van der Waals surface area contributed by atoms with Gasteiger partial charge in [0.2, 0.25) is 0 Å². The minimum Gasteiger partial charge on any atom is -0.340 e. The van der Waals surface area contributed by atoms with Gasteiger partial charge in [-0.1, -0.05) is 13.8 Å². The van der Waals surface area contributed by atoms with Gasteiger partial charge in [-0.2, -0.15) is 0 Å². The van der Waals surface area contributed by atoms with Gasteiger partial charge >= 0.3 is 0 Å². The predicted octanol–water partition coefficient (Wildman–Crippen LogP) is 2.80. The molecule has 0 aliphatic carbocycles. The first-order chi connectivity index (χ1) is 7.25. The van der Waals surface area contributed by atoms with Crippen molar-refractivity contribution in [3.05, 3.63) is 31.0 Å². The number of aryl methyl sites for hydroxylation is 2. The van der Waals surface area contributed by atoms with Crippen LogP contribution in [0.1, 0.15) is 25.5 Å². The molecule has 0 aliphatic heterocycles. The van der Waals surface area contributed by atoms with Crippen LogP contribution in [0.2, 0.25) is 0 Å². The van der Waals surface area contributed by atoms with Crippen LogP contribution in [0.4, 0.5) is 0 Å². The fourth-order valence-corrected chi connectivity index (χ4v) is 1.01. The zero-order chi connectivity index (χ0) is 11.8. The van der Waals surface area contributed by atoms with Crippen LogP contribution in [-0.4, -0.2) is 19.9 Å². The second kappa shape index (κ2) is 6.70. The molecular weight excluding hydrogens is 188 g/mol. The fourth-order valence-electron chi connectivity index (χ4n) is 1.01. The minimum atomic E-state index is 0.745. The second-order valence-electron chi connectivity index (χ2n) is 2.48. The summed E-state index contributed by atoms with van der Waals surface area (Å²) < 4.78 is 0. The molecule has 0 amide bonds. The van der Waals surface area contributed by atoms with Gasteiger partial charge in [-0.15, -0.1) is 13.2 Å². The summed E-state index contributed by atoms with van der Waals surface area (Å²) >= 11 is 0. The molecule has 2 heterocycles. The van der Waals surface area contributed by atoms with E-state index in [1.807, 2.05) is 27.7 Å². The van der Waals surface area contributed by atoms with E-state index < -0.39 is 0 Å². The molecule has 2 aromatic rings. The maximum absolute atomic E-state index is 4.17. The van der Waals surface area contributed by atoms with E-state index in [2.05, 4.69) is 33.1 Å². The van der Waals surface area contributed by atoms with E-state index in [9.17, 15) is 0 Å². The van der Waals surface area contributed by atoms with Crippen LogP contribution in [0.15, 0.2) is 19.4 Å². The number of hydrogen-bond donors (Lipinski definition) is 1. The zero-order valence-corrected chi connectivity index (χ0v) is 9.83. The summed E-state index contributed by atoms with van der Waals surface area (Å²) in [6.45, 7) is 13.8. The molecule has 0 unspecified atom stereocenters. The van der Waals surface area contributed by atoms with Crippen molar-refractivity contribution in [2.45, 2.75) is 27.7 Å². The number of hydrogen-bond acceptors (Lipinski definition) is 3. The molecule has 1 N–H and O–H groups in total. The molecule has 0 radical (unpaired) electrons. The Kier molecular flexibility index (Phi) is 5.94. The Morgan fingerprint density at radius 1 is 1.13 bits per heavy atom. The Hall–Kier alpha value is -1.71. The number of H-pyrrole nitrogens is 1. The highest BCUT2D eigenvalue weighted by atomic mass is 15.0. The molecule has 0 saturated carbocycles. The smallest absolute Gasteiger partial charge is 0.181 e. The minimum absolute atomic E-state index is 0.745. The molecule has 4 nitrogen and oxygen atoms in total. The van der Waals surface area contributed by atoms with E-state index in [1.54, 1.807) is 6.20 Å². The molecule has 4 heteroatoms. The standard InChI is InChI=1S/C7H8N4.C2H6.C2H4/c1-4-8-3-6-7(10-4)11-5(2)9-6;2*1-2/h3H,1-2H3,(H,8,9,10,11);1-2H3;1-2H2. The largest absolute Gasteiger partial charge is 0.340 e. The van der Waals surface area contributed by atoms with Gasteiger partial charge in [0, 0.05) is 0 Å². The van der Waals surface area contributed by atoms with Gasteiger partial charge in [0.05, 0.1) is 6.20 Å². The van der Waals surface area contributed by atoms with Crippen LogP contribution in [0.25, 0.3) is 11.2 Å². The summed E-state index contributed by atoms with van der Waals surface area (Å²) in [6.07, 6.45) is 1.75. The van der Waals surface area contributed by atoms with Gasteiger partial charge in [-0.3, -0.25) is 0 Å². The molecule has 0 fully saturated rings. The fraction of sp³-hybridized carbons (Fsp3) is 0.364. The highest BCUT2D eigenvalue weighted by Crippen LogP contribution is 2.05. The van der Waals surface area contributed by atoms with Crippen LogP contribution >= 0.6 is 0 Å². The lowest BCUT2D eigenvalue weighted by atomic mass is 10.5. The topological polar surface area (TPSA) is 54.5 Å². The van der Waals surface area contributed by atoms with Gasteiger partial charge in [0.1, 0.15) is 17.2 Å². The van der Waals surface area contributed by atoms with Crippen molar-refractivity contribution in [1.29, 1.82) is 0 Å². The summed E-state index contributed by atoms with van der Waals surface area (Å²) in [6, 6.07) is 0. The van der Waals surface area contributed by atoms with E-state index in [0.29, 0.717) is 0 Å². The summed E-state index contributed by atoms with van der Waals surface area (Å²) in [4.78, 5) is 15.4. The first kappa shape index (κ1) is 13.3. The molecular formula is C11H18N4. The van der Waals surface area contributed by atoms with Crippen molar-refractivity contribution < 1.29 is 0 Å². The van der Waals surface area contributed by atoms with Gasteiger partial charge in [0.25, 0.3) is 0 Å². The quantitative estimate of drug-likeness (QED) is 0.674. The molecule has 0 aliphatic rings. The second-order valence-corrected chi connectivity index (χ2v) is 2.48. The highest BCUT2D eigenvalue weighted by Gasteiger charge is 1.99. The lowest BCUT2D eigenvalue weighted by Crippen LogP contribution is -1.85. The summed E-state index contributed by atoms with van der Waals surface area (Å²) in [5.41, 5.74) is 1.64. The van der Waals surface area contributed by atoms with E-state index in [-0.39, 0.29) is 0 Å². The number of aromatic nitrogens is 4. The average Bonchev–Trinajstić information content (AvgIpc) is 2.63. The van der Waals surface area contributed by atoms with Crippen molar-refractivity contribution in [2.75, 3.05) is 0 Å². The highest BCUT2D eigenvalue weighted by molar-refractivity contribution is 5.68. The predicted molar refractivity (Wildman–Crippen MR) is 63.8 cm³/mol. The van der Waals surface area contributed by atoms with E-state index in [0.717, 1.165) is 22.8 Å². The SMILES string of the molecule is C=C.CC.Cc1ncc2[nH]c(C)nc2n1. The van der Waals surface area contributed by atoms with E-state index in [1.165, 1.54) is 0 Å². The van der Waals surface area contributed by atoms with E-state index >= 15 is 0 Å². The Labute approximate surface area is 90.5 Å². The van der Waals surface area contributed by atoms with Crippen LogP contribution in [0.5, 0.6) is 0 Å². The van der Waals surface area contributed by atoms with Crippen LogP contribution in [0.3, 0.4) is 0 Å². The van der Waals surface area contributed by atoms with Crippen molar-refractivity contribution in [1.82, 2.24) is 19.9 Å². The molecule has 2 rings (SSSR count). The number of nitrogens with zero attached hydrogens (tertiary/aromatic N) is 3. The first-order valence-electron chi connectivity index (χ1n) is 4.91. The lowest BCUT2D eigenvalue weighted by molar-refractivity contribution is 1.08. The third kappa shape index (κ3) is 3.50. The monoisotopic (exact) mass is 206 g/mol. The number of nitrogens with one attached hydrogen (secondary N) is 1. The molecule has 0 atom stereocenters. The van der Waals surface area contributed by atoms with Crippen LogP contribution in [-0.2, 0) is 0 Å². The third-order valence-corrected chi connectivity index (χ3v) is 1.48. The lowest BCUT2D eigenvalue weighted by Gasteiger charge is -1.87. The summed E-state index contributed by atoms with van der Waals surface area (Å²) in [5.74, 6) is 1.63. The Morgan fingerprint density at radius 2 is 1.73 bits per heavy atom. The van der Waals surface area contributed by atoms with Crippen LogP contribution < -0.4 is 0 Å². The van der Waals surface area contributed by atoms with E-state index in [4.69, 9.17) is 0 Å². The molecule has 0 aromatic carbocycles. The normalized spacial score (nSPS) is 8.53. The molecule has 82 valence electrons. The Morgan fingerprint density at radius 3 is 2.33 bits per heavy atom. The van der Waals surface area contributed by atoms with Crippen molar-refractivity contribution >= 4 is 11.2 Å². The molecule has 15 heavy (non-hydrogen) atoms. The molecule has 0 saturated heterocycles. The number of aromatic amines is 1. The molecule has 2 aromatic heterocycles. The third-order valence-electron chi connectivity index (χ3n) is 1.48. The maximum atomic E-state index is 4.17. The number of fused-ring (bicyclic) bond motifs is 1. The van der Waals surface area contributed by atoms with Crippen LogP contribution in [0, 0.1) is 13.8 Å². The molecule has 0 bridgehead atoms. The first-order valence-corrected chi connectivity index (χ1v) is 4.91. The zero-order valence-electron chi connectivity index (χ0n) is 9.83. The Bertz CT molecular complexity index is 406. The Balaban J connectivity index is 0.000000442. The summed E-state index contributed by atoms with van der Waals surface area (Å²) in [5, 5.41) is 0. The van der Waals surface area contributed by atoms with Gasteiger partial charge in [-0.05, 0) is 13.8 Å². The summed E-state index contributed by atoms with van der Waals surface area (Å²) in [7, 11) is 0. The number of imidazole rings is 1. The number of rotatable bonds is 0. The average molecular weight is 206 g/mol. The van der Waals surface area contributed by atoms with Gasteiger partial charge in [0.15, 0.2) is 5.65 Å². The van der Waals surface area contributed by atoms with Crippen molar-refractivity contribution in [3.8, 4) is 0 Å². The van der Waals surface area contributed by atoms with Gasteiger partial charge in [-0.25, -0.2) is 15.0 Å².